The zero-order valence-corrected chi connectivity index (χ0v) is 11.2. The average molecular weight is 276 g/mol. The first-order valence-corrected chi connectivity index (χ1v) is 6.78. The molecule has 100 valence electrons. The van der Waals surface area contributed by atoms with Crippen LogP contribution in [0, 0.1) is 5.82 Å². The summed E-state index contributed by atoms with van der Waals surface area (Å²) in [4.78, 5) is 10.7. The van der Waals surface area contributed by atoms with E-state index in [4.69, 9.17) is 9.47 Å². The van der Waals surface area contributed by atoms with Crippen molar-refractivity contribution in [2.24, 2.45) is 0 Å². The number of ether oxygens (including phenoxy) is 2. The lowest BCUT2D eigenvalue weighted by molar-refractivity contribution is 0.101. The van der Waals surface area contributed by atoms with Crippen molar-refractivity contribution in [2.75, 3.05) is 20.5 Å². The van der Waals surface area contributed by atoms with E-state index in [1.54, 1.807) is 0 Å². The molecule has 0 atom stereocenters. The smallest absolute Gasteiger partial charge is 0.183 e. The Balaban J connectivity index is 3.83. The third-order valence-electron chi connectivity index (χ3n) is 2.30. The van der Waals surface area contributed by atoms with Gasteiger partial charge in [-0.2, -0.15) is 0 Å². The predicted octanol–water partition coefficient (Wildman–Crippen LogP) is 1.45. The lowest BCUT2D eigenvalue weighted by Gasteiger charge is -2.15. The van der Waals surface area contributed by atoms with Gasteiger partial charge in [0.2, 0.25) is 0 Å². The minimum atomic E-state index is -3.84. The van der Waals surface area contributed by atoms with Crippen LogP contribution < -0.4 is 9.47 Å². The lowest BCUT2D eigenvalue weighted by atomic mass is 10.1. The van der Waals surface area contributed by atoms with E-state index in [2.05, 4.69) is 0 Å². The van der Waals surface area contributed by atoms with E-state index >= 15 is 0 Å². The number of Topliss-reactive ketones (excluding diaryl/α,β-unsaturated/α-hetero) is 1. The highest BCUT2D eigenvalue weighted by molar-refractivity contribution is 7.90. The molecular weight excluding hydrogens is 263 g/mol. The maximum atomic E-state index is 13.8. The molecule has 0 aromatic heterocycles. The summed E-state index contributed by atoms with van der Waals surface area (Å²) in [5.74, 6) is -1.89. The molecule has 0 aliphatic heterocycles. The number of ketones is 1. The molecule has 0 N–H and O–H groups in total. The summed E-state index contributed by atoms with van der Waals surface area (Å²) < 4.78 is 46.7. The largest absolute Gasteiger partial charge is 0.492 e. The fourth-order valence-corrected chi connectivity index (χ4v) is 2.51. The molecule has 0 heterocycles. The van der Waals surface area contributed by atoms with Gasteiger partial charge in [-0.15, -0.1) is 0 Å². The highest BCUT2D eigenvalue weighted by Gasteiger charge is 2.27. The zero-order valence-electron chi connectivity index (χ0n) is 10.4. The minimum absolute atomic E-state index is 0.0701. The molecule has 7 heteroatoms. The molecule has 0 bridgehead atoms. The van der Waals surface area contributed by atoms with Crippen LogP contribution in [0.25, 0.3) is 0 Å². The van der Waals surface area contributed by atoms with E-state index in [-0.39, 0.29) is 17.1 Å². The van der Waals surface area contributed by atoms with Crippen molar-refractivity contribution in [3.63, 3.8) is 0 Å². The molecule has 0 spiro atoms. The topological polar surface area (TPSA) is 69.7 Å². The molecule has 0 amide bonds. The van der Waals surface area contributed by atoms with E-state index in [1.807, 2.05) is 0 Å². The van der Waals surface area contributed by atoms with Crippen LogP contribution in [0.4, 0.5) is 4.39 Å². The van der Waals surface area contributed by atoms with Crippen molar-refractivity contribution in [3.05, 3.63) is 17.4 Å². The van der Waals surface area contributed by atoms with Crippen molar-refractivity contribution in [1.29, 1.82) is 0 Å². The third kappa shape index (κ3) is 2.45. The van der Waals surface area contributed by atoms with Gasteiger partial charge < -0.3 is 9.47 Å². The fourth-order valence-electron chi connectivity index (χ4n) is 1.59. The molecule has 0 saturated heterocycles. The second kappa shape index (κ2) is 4.93. The highest BCUT2D eigenvalue weighted by atomic mass is 32.2. The average Bonchev–Trinajstić information content (AvgIpc) is 2.25. The van der Waals surface area contributed by atoms with Gasteiger partial charge in [0.25, 0.3) is 0 Å². The number of halogens is 1. The Bertz CT molecular complexity index is 592. The molecule has 0 aliphatic rings. The van der Waals surface area contributed by atoms with Gasteiger partial charge in [-0.3, -0.25) is 4.79 Å². The van der Waals surface area contributed by atoms with Crippen LogP contribution in [0.5, 0.6) is 11.5 Å². The first kappa shape index (κ1) is 14.4. The molecule has 1 rings (SSSR count). The molecule has 1 aromatic carbocycles. The van der Waals surface area contributed by atoms with Crippen molar-refractivity contribution in [3.8, 4) is 11.5 Å². The number of methoxy groups -OCH3 is 2. The van der Waals surface area contributed by atoms with Crippen molar-refractivity contribution in [2.45, 2.75) is 11.8 Å². The number of hydrogen-bond donors (Lipinski definition) is 0. The van der Waals surface area contributed by atoms with Crippen molar-refractivity contribution in [1.82, 2.24) is 0 Å². The Morgan fingerprint density at radius 1 is 1.22 bits per heavy atom. The monoisotopic (exact) mass is 276 g/mol. The van der Waals surface area contributed by atoms with Crippen LogP contribution >= 0.6 is 0 Å². The summed E-state index contributed by atoms with van der Waals surface area (Å²) in [6, 6.07) is 0.833. The van der Waals surface area contributed by atoms with E-state index in [0.717, 1.165) is 12.3 Å². The number of carbonyl (C=O) groups is 1. The third-order valence-corrected chi connectivity index (χ3v) is 3.43. The molecule has 0 saturated carbocycles. The normalized spacial score (nSPS) is 11.2. The zero-order chi connectivity index (χ0) is 14.1. The van der Waals surface area contributed by atoms with Crippen molar-refractivity contribution >= 4 is 15.6 Å². The van der Waals surface area contributed by atoms with Crippen LogP contribution in [0.1, 0.15) is 17.3 Å². The van der Waals surface area contributed by atoms with E-state index < -0.39 is 26.3 Å². The molecule has 5 nitrogen and oxygen atoms in total. The van der Waals surface area contributed by atoms with Crippen LogP contribution in [-0.4, -0.2) is 34.7 Å². The van der Waals surface area contributed by atoms with E-state index in [9.17, 15) is 17.6 Å². The first-order valence-electron chi connectivity index (χ1n) is 4.89. The predicted molar refractivity (Wildman–Crippen MR) is 62.6 cm³/mol. The Labute approximate surface area is 104 Å². The van der Waals surface area contributed by atoms with Gasteiger partial charge in [0, 0.05) is 6.26 Å². The molecule has 18 heavy (non-hydrogen) atoms. The fraction of sp³-hybridized carbons (Fsp3) is 0.364. The summed E-state index contributed by atoms with van der Waals surface area (Å²) in [6.45, 7) is 1.22. The van der Waals surface area contributed by atoms with Crippen LogP contribution in [0.3, 0.4) is 0 Å². The van der Waals surface area contributed by atoms with Crippen molar-refractivity contribution < 1.29 is 27.1 Å². The summed E-state index contributed by atoms with van der Waals surface area (Å²) in [5.41, 5.74) is -0.0701. The van der Waals surface area contributed by atoms with Crippen LogP contribution in [0.2, 0.25) is 0 Å². The number of sulfone groups is 1. The number of carbonyl (C=O) groups excluding carboxylic acids is 1. The Kier molecular flexibility index (Phi) is 3.95. The molecular formula is C11H13FO5S. The molecule has 0 unspecified atom stereocenters. The molecule has 1 aromatic rings. The summed E-state index contributed by atoms with van der Waals surface area (Å²) in [6.07, 6.45) is 0.848. The number of hydrogen-bond acceptors (Lipinski definition) is 5. The quantitative estimate of drug-likeness (QED) is 0.778. The summed E-state index contributed by atoms with van der Waals surface area (Å²) >= 11 is 0. The molecule has 0 aliphatic carbocycles. The highest BCUT2D eigenvalue weighted by Crippen LogP contribution is 2.39. The summed E-state index contributed by atoms with van der Waals surface area (Å²) in [7, 11) is -1.42. The van der Waals surface area contributed by atoms with Gasteiger partial charge in [0.05, 0.1) is 19.8 Å². The maximum Gasteiger partial charge on any atom is 0.183 e. The Hall–Kier alpha value is -1.63. The van der Waals surface area contributed by atoms with Crippen LogP contribution in [-0.2, 0) is 9.84 Å². The maximum absolute atomic E-state index is 13.8. The van der Waals surface area contributed by atoms with Gasteiger partial charge >= 0.3 is 0 Å². The van der Waals surface area contributed by atoms with Gasteiger partial charge in [-0.25, -0.2) is 12.8 Å². The standard InChI is InChI=1S/C11H13FO5S/c1-6(13)7-5-8(12)11(18(4,14)15)10(17-3)9(7)16-2/h5H,1-4H3. The van der Waals surface area contributed by atoms with Gasteiger partial charge in [0.15, 0.2) is 27.1 Å². The van der Waals surface area contributed by atoms with Crippen LogP contribution in [0.15, 0.2) is 11.0 Å². The van der Waals surface area contributed by atoms with Gasteiger partial charge in [-0.05, 0) is 13.0 Å². The summed E-state index contributed by atoms with van der Waals surface area (Å²) in [5, 5.41) is 0. The second-order valence-corrected chi connectivity index (χ2v) is 5.58. The minimum Gasteiger partial charge on any atom is -0.492 e. The number of rotatable bonds is 4. The second-order valence-electron chi connectivity index (χ2n) is 3.63. The van der Waals surface area contributed by atoms with E-state index in [1.165, 1.54) is 21.1 Å². The lowest BCUT2D eigenvalue weighted by Crippen LogP contribution is -2.09. The van der Waals surface area contributed by atoms with Gasteiger partial charge in [-0.1, -0.05) is 0 Å². The molecule has 0 fully saturated rings. The molecule has 0 radical (unpaired) electrons. The first-order chi connectivity index (χ1) is 8.23. The SMILES string of the molecule is COc1c(C(C)=O)cc(F)c(S(C)(=O)=O)c1OC. The Morgan fingerprint density at radius 3 is 2.06 bits per heavy atom. The van der Waals surface area contributed by atoms with Gasteiger partial charge in [0.1, 0.15) is 10.7 Å². The van der Waals surface area contributed by atoms with E-state index in [0.29, 0.717) is 0 Å². The Morgan fingerprint density at radius 2 is 1.72 bits per heavy atom. The number of benzene rings is 1.